The molecule has 0 bridgehead atoms. The lowest BCUT2D eigenvalue weighted by Gasteiger charge is -2.19. The van der Waals surface area contributed by atoms with Crippen LogP contribution in [0.3, 0.4) is 0 Å². The predicted octanol–water partition coefficient (Wildman–Crippen LogP) is -0.384. The number of anilines is 1. The Morgan fingerprint density at radius 1 is 1.59 bits per heavy atom. The fraction of sp³-hybridized carbons (Fsp3) is 0.556. The van der Waals surface area contributed by atoms with E-state index < -0.39 is 17.9 Å². The Morgan fingerprint density at radius 3 is 2.65 bits per heavy atom. The normalized spacial score (nSPS) is 14.0. The highest BCUT2D eigenvalue weighted by atomic mass is 16.4. The van der Waals surface area contributed by atoms with Crippen molar-refractivity contribution in [2.24, 2.45) is 5.92 Å². The van der Waals surface area contributed by atoms with E-state index in [1.54, 1.807) is 6.92 Å². The van der Waals surface area contributed by atoms with Gasteiger partial charge in [0.2, 0.25) is 11.8 Å². The second-order valence-electron chi connectivity index (χ2n) is 3.72. The highest BCUT2D eigenvalue weighted by Gasteiger charge is 2.26. The third kappa shape index (κ3) is 3.16. The maximum Gasteiger partial charge on any atom is 0.326 e. The zero-order valence-electron chi connectivity index (χ0n) is 9.60. The molecule has 5 N–H and O–H groups in total. The second kappa shape index (κ2) is 5.28. The van der Waals surface area contributed by atoms with Crippen LogP contribution in [-0.2, 0) is 4.79 Å². The van der Waals surface area contributed by atoms with Crippen molar-refractivity contribution in [3.05, 3.63) is 5.82 Å². The van der Waals surface area contributed by atoms with Gasteiger partial charge in [0.15, 0.2) is 0 Å². The van der Waals surface area contributed by atoms with Gasteiger partial charge in [0.1, 0.15) is 6.04 Å². The molecule has 8 nitrogen and oxygen atoms in total. The lowest BCUT2D eigenvalue weighted by Crippen LogP contribution is -2.45. The maximum absolute atomic E-state index is 11.6. The van der Waals surface area contributed by atoms with Crippen LogP contribution in [0.1, 0.15) is 30.9 Å². The van der Waals surface area contributed by atoms with Gasteiger partial charge in [-0.2, -0.15) is 4.98 Å². The van der Waals surface area contributed by atoms with Gasteiger partial charge in [-0.05, 0) is 5.92 Å². The quantitative estimate of drug-likeness (QED) is 0.555. The van der Waals surface area contributed by atoms with Gasteiger partial charge >= 0.3 is 5.97 Å². The number of H-pyrrole nitrogens is 1. The minimum atomic E-state index is -1.08. The summed E-state index contributed by atoms with van der Waals surface area (Å²) >= 11 is 0. The molecule has 1 heterocycles. The number of carbonyl (C=O) groups is 2. The summed E-state index contributed by atoms with van der Waals surface area (Å²) < 4.78 is 0. The van der Waals surface area contributed by atoms with Gasteiger partial charge in [-0.25, -0.2) is 4.79 Å². The van der Waals surface area contributed by atoms with Crippen LogP contribution in [0, 0.1) is 5.92 Å². The highest BCUT2D eigenvalue weighted by molar-refractivity contribution is 5.93. The van der Waals surface area contributed by atoms with Gasteiger partial charge in [-0.3, -0.25) is 9.89 Å². The number of carboxylic acids is 1. The Morgan fingerprint density at radius 2 is 2.24 bits per heavy atom. The minimum absolute atomic E-state index is 0.0643. The van der Waals surface area contributed by atoms with Crippen molar-refractivity contribution in [2.45, 2.75) is 26.3 Å². The lowest BCUT2D eigenvalue weighted by atomic mass is 9.99. The number of aromatic amines is 1. The summed E-state index contributed by atoms with van der Waals surface area (Å²) in [7, 11) is 0. The molecule has 0 saturated heterocycles. The van der Waals surface area contributed by atoms with Crippen LogP contribution >= 0.6 is 0 Å². The average Bonchev–Trinajstić information content (AvgIpc) is 2.71. The number of rotatable bonds is 5. The summed E-state index contributed by atoms with van der Waals surface area (Å²) in [4.78, 5) is 26.2. The van der Waals surface area contributed by atoms with Gasteiger partial charge in [-0.1, -0.05) is 20.3 Å². The van der Waals surface area contributed by atoms with E-state index in [0.29, 0.717) is 6.42 Å². The van der Waals surface area contributed by atoms with Gasteiger partial charge in [-0.15, -0.1) is 5.10 Å². The first-order valence-electron chi connectivity index (χ1n) is 5.17. The molecular formula is C9H15N5O3. The van der Waals surface area contributed by atoms with E-state index in [1.807, 2.05) is 6.92 Å². The number of aliphatic carboxylic acids is 1. The SMILES string of the molecule is CCC(C)[C@H](NC(=O)c1nc(N)n[nH]1)C(=O)O. The smallest absolute Gasteiger partial charge is 0.326 e. The standard InChI is InChI=1S/C9H15N5O3/c1-3-4(2)5(8(16)17)11-7(15)6-12-9(10)14-13-6/h4-5H,3H2,1-2H3,(H,11,15)(H,16,17)(H3,10,12,13,14)/t4?,5-/m0/s1. The summed E-state index contributed by atoms with van der Waals surface area (Å²) in [6, 6.07) is -0.959. The Labute approximate surface area is 97.6 Å². The summed E-state index contributed by atoms with van der Waals surface area (Å²) in [6.45, 7) is 3.59. The number of nitrogen functional groups attached to an aromatic ring is 1. The first kappa shape index (κ1) is 12.9. The van der Waals surface area contributed by atoms with Gasteiger partial charge in [0.25, 0.3) is 5.91 Å². The van der Waals surface area contributed by atoms with E-state index >= 15 is 0 Å². The number of nitrogens with two attached hydrogens (primary N) is 1. The average molecular weight is 241 g/mol. The van der Waals surface area contributed by atoms with E-state index in [9.17, 15) is 9.59 Å². The predicted molar refractivity (Wildman–Crippen MR) is 59.1 cm³/mol. The van der Waals surface area contributed by atoms with Crippen molar-refractivity contribution < 1.29 is 14.7 Å². The second-order valence-corrected chi connectivity index (χ2v) is 3.72. The van der Waals surface area contributed by atoms with Gasteiger partial charge in [0.05, 0.1) is 0 Å². The number of nitrogens with zero attached hydrogens (tertiary/aromatic N) is 2. The molecule has 0 fully saturated rings. The van der Waals surface area contributed by atoms with Crippen molar-refractivity contribution in [1.82, 2.24) is 20.5 Å². The number of carboxylic acid groups (broad SMARTS) is 1. The number of nitrogens with one attached hydrogen (secondary N) is 2. The summed E-state index contributed by atoms with van der Waals surface area (Å²) in [5.41, 5.74) is 5.24. The largest absolute Gasteiger partial charge is 0.480 e. The van der Waals surface area contributed by atoms with E-state index in [2.05, 4.69) is 20.5 Å². The molecule has 1 unspecified atom stereocenters. The van der Waals surface area contributed by atoms with Gasteiger partial charge < -0.3 is 16.2 Å². The van der Waals surface area contributed by atoms with Crippen LogP contribution in [0.4, 0.5) is 5.95 Å². The molecule has 8 heteroatoms. The van der Waals surface area contributed by atoms with Crippen molar-refractivity contribution >= 4 is 17.8 Å². The third-order valence-electron chi connectivity index (χ3n) is 2.48. The van der Waals surface area contributed by atoms with E-state index in [4.69, 9.17) is 10.8 Å². The first-order valence-corrected chi connectivity index (χ1v) is 5.17. The molecule has 0 spiro atoms. The molecule has 17 heavy (non-hydrogen) atoms. The summed E-state index contributed by atoms with van der Waals surface area (Å²) in [5.74, 6) is -2.07. The van der Waals surface area contributed by atoms with Crippen LogP contribution in [0.5, 0.6) is 0 Å². The molecule has 0 saturated carbocycles. The number of amides is 1. The zero-order chi connectivity index (χ0) is 13.0. The first-order chi connectivity index (χ1) is 7.95. The number of hydrogen-bond acceptors (Lipinski definition) is 5. The molecule has 1 amide bonds. The Bertz CT molecular complexity index is 417. The molecule has 2 atom stereocenters. The van der Waals surface area contributed by atoms with E-state index in [-0.39, 0.29) is 17.7 Å². The number of carbonyl (C=O) groups excluding carboxylic acids is 1. The third-order valence-corrected chi connectivity index (χ3v) is 2.48. The van der Waals surface area contributed by atoms with Gasteiger partial charge in [0, 0.05) is 0 Å². The van der Waals surface area contributed by atoms with Crippen LogP contribution < -0.4 is 11.1 Å². The fourth-order valence-electron chi connectivity index (χ4n) is 1.27. The maximum atomic E-state index is 11.6. The van der Waals surface area contributed by atoms with E-state index in [0.717, 1.165) is 0 Å². The molecule has 1 aromatic rings. The van der Waals surface area contributed by atoms with E-state index in [1.165, 1.54) is 0 Å². The zero-order valence-corrected chi connectivity index (χ0v) is 9.60. The van der Waals surface area contributed by atoms with Crippen LogP contribution in [-0.4, -0.2) is 38.2 Å². The Hall–Kier alpha value is -2.12. The molecule has 94 valence electrons. The minimum Gasteiger partial charge on any atom is -0.480 e. The molecule has 0 aliphatic rings. The van der Waals surface area contributed by atoms with Crippen LogP contribution in [0.25, 0.3) is 0 Å². The molecule has 0 aromatic carbocycles. The van der Waals surface area contributed by atoms with Crippen LogP contribution in [0.15, 0.2) is 0 Å². The molecule has 0 aliphatic carbocycles. The van der Waals surface area contributed by atoms with Crippen molar-refractivity contribution in [2.75, 3.05) is 5.73 Å². The molecular weight excluding hydrogens is 226 g/mol. The number of hydrogen-bond donors (Lipinski definition) is 4. The van der Waals surface area contributed by atoms with Crippen LogP contribution in [0.2, 0.25) is 0 Å². The summed E-state index contributed by atoms with van der Waals surface area (Å²) in [5, 5.41) is 17.2. The van der Waals surface area contributed by atoms with Crippen molar-refractivity contribution in [1.29, 1.82) is 0 Å². The molecule has 0 radical (unpaired) electrons. The lowest BCUT2D eigenvalue weighted by molar-refractivity contribution is -0.140. The molecule has 1 aromatic heterocycles. The highest BCUT2D eigenvalue weighted by Crippen LogP contribution is 2.08. The topological polar surface area (TPSA) is 134 Å². The Kier molecular flexibility index (Phi) is 4.02. The fourth-order valence-corrected chi connectivity index (χ4v) is 1.27. The monoisotopic (exact) mass is 241 g/mol. The Balaban J connectivity index is 2.74. The molecule has 1 rings (SSSR count). The molecule has 0 aliphatic heterocycles. The number of aromatic nitrogens is 3. The summed E-state index contributed by atoms with van der Waals surface area (Å²) in [6.07, 6.45) is 0.635. The van der Waals surface area contributed by atoms with Crippen molar-refractivity contribution in [3.63, 3.8) is 0 Å². The van der Waals surface area contributed by atoms with Crippen molar-refractivity contribution in [3.8, 4) is 0 Å².